The summed E-state index contributed by atoms with van der Waals surface area (Å²) in [5.41, 5.74) is 0.972. The van der Waals surface area contributed by atoms with Gasteiger partial charge in [0.05, 0.1) is 5.60 Å². The molecule has 1 aromatic carbocycles. The highest BCUT2D eigenvalue weighted by atomic mass is 35.5. The quantitative estimate of drug-likeness (QED) is 0.616. The van der Waals surface area contributed by atoms with Crippen LogP contribution >= 0.6 is 11.6 Å². The molecule has 1 N–H and O–H groups in total. The third kappa shape index (κ3) is 5.77. The van der Waals surface area contributed by atoms with Crippen molar-refractivity contribution in [3.05, 3.63) is 46.2 Å². The Labute approximate surface area is 221 Å². The molecule has 2 fully saturated rings. The number of rotatable bonds is 6. The van der Waals surface area contributed by atoms with Crippen molar-refractivity contribution in [2.24, 2.45) is 0 Å². The van der Waals surface area contributed by atoms with E-state index in [1.807, 2.05) is 17.0 Å². The first-order valence-electron chi connectivity index (χ1n) is 13.2. The smallest absolute Gasteiger partial charge is 0.274 e. The summed E-state index contributed by atoms with van der Waals surface area (Å²) >= 11 is 6.05. The standard InChI is InChI=1S/C27H34ClFN4O4/c28-19-4-3-5-21(16-19)37-20-8-12-31(13-9-20)24(34)17-33-23-7-2-1-6-22(23)25(30-33)26(35)32-14-10-27(36,18-29)11-15-32/h3-5,16,20,36H,1-2,6-15,17-18H2. The van der Waals surface area contributed by atoms with Crippen molar-refractivity contribution in [1.29, 1.82) is 0 Å². The maximum Gasteiger partial charge on any atom is 0.274 e. The van der Waals surface area contributed by atoms with Crippen molar-refractivity contribution in [2.45, 2.75) is 69.6 Å². The number of carbonyl (C=O) groups excluding carboxylic acids is 2. The molecule has 0 bridgehead atoms. The topological polar surface area (TPSA) is 87.9 Å². The Morgan fingerprint density at radius 2 is 1.84 bits per heavy atom. The lowest BCUT2D eigenvalue weighted by Gasteiger charge is -2.36. The summed E-state index contributed by atoms with van der Waals surface area (Å²) in [6.07, 6.45) is 5.47. The second-order valence-corrected chi connectivity index (χ2v) is 10.9. The van der Waals surface area contributed by atoms with Crippen LogP contribution in [0.2, 0.25) is 5.02 Å². The normalized spacial score (nSPS) is 20.0. The van der Waals surface area contributed by atoms with Gasteiger partial charge in [-0.1, -0.05) is 17.7 Å². The van der Waals surface area contributed by atoms with Crippen LogP contribution in [-0.2, 0) is 24.2 Å². The number of fused-ring (bicyclic) bond motifs is 1. The minimum atomic E-state index is -1.34. The molecule has 3 aliphatic rings. The van der Waals surface area contributed by atoms with Gasteiger partial charge in [0.2, 0.25) is 5.91 Å². The van der Waals surface area contributed by atoms with Gasteiger partial charge in [0, 0.05) is 55.3 Å². The Morgan fingerprint density at radius 3 is 2.54 bits per heavy atom. The largest absolute Gasteiger partial charge is 0.490 e. The molecule has 200 valence electrons. The van der Waals surface area contributed by atoms with E-state index >= 15 is 0 Å². The van der Waals surface area contributed by atoms with Crippen LogP contribution in [0, 0.1) is 0 Å². The number of nitrogens with zero attached hydrogens (tertiary/aromatic N) is 4. The fourth-order valence-corrected chi connectivity index (χ4v) is 5.75. The lowest BCUT2D eigenvalue weighted by molar-refractivity contribution is -0.133. The zero-order chi connectivity index (χ0) is 26.0. The van der Waals surface area contributed by atoms with E-state index < -0.39 is 12.3 Å². The number of aromatic nitrogens is 2. The predicted molar refractivity (Wildman–Crippen MR) is 137 cm³/mol. The summed E-state index contributed by atoms with van der Waals surface area (Å²) in [4.78, 5) is 30.0. The molecule has 5 rings (SSSR count). The van der Waals surface area contributed by atoms with E-state index in [2.05, 4.69) is 5.10 Å². The molecule has 0 saturated carbocycles. The van der Waals surface area contributed by atoms with Gasteiger partial charge in [-0.15, -0.1) is 0 Å². The molecule has 1 aromatic heterocycles. The SMILES string of the molecule is O=C(Cn1nc(C(=O)N2CCC(O)(CF)CC2)c2c1CCCC2)N1CCC(Oc2cccc(Cl)c2)CC1. The molecule has 37 heavy (non-hydrogen) atoms. The Kier molecular flexibility index (Phi) is 7.72. The first kappa shape index (κ1) is 26.0. The molecule has 10 heteroatoms. The van der Waals surface area contributed by atoms with E-state index in [-0.39, 0.29) is 37.3 Å². The van der Waals surface area contributed by atoms with E-state index in [0.717, 1.165) is 55.5 Å². The first-order valence-corrected chi connectivity index (χ1v) is 13.6. The lowest BCUT2D eigenvalue weighted by atomic mass is 9.92. The highest BCUT2D eigenvalue weighted by molar-refractivity contribution is 6.30. The molecule has 0 unspecified atom stereocenters. The first-order chi connectivity index (χ1) is 17.8. The number of halogens is 2. The summed E-state index contributed by atoms with van der Waals surface area (Å²) in [6, 6.07) is 7.34. The molecule has 0 radical (unpaired) electrons. The third-order valence-corrected chi connectivity index (χ3v) is 8.10. The number of hydrogen-bond acceptors (Lipinski definition) is 5. The summed E-state index contributed by atoms with van der Waals surface area (Å²) < 4.78 is 20.9. The van der Waals surface area contributed by atoms with Crippen molar-refractivity contribution < 1.29 is 23.8 Å². The van der Waals surface area contributed by atoms with Gasteiger partial charge in [0.1, 0.15) is 25.1 Å². The van der Waals surface area contributed by atoms with Crippen molar-refractivity contribution in [2.75, 3.05) is 32.9 Å². The predicted octanol–water partition coefficient (Wildman–Crippen LogP) is 3.42. The van der Waals surface area contributed by atoms with E-state index in [4.69, 9.17) is 16.3 Å². The molecule has 3 heterocycles. The fraction of sp³-hybridized carbons (Fsp3) is 0.593. The van der Waals surface area contributed by atoms with Gasteiger partial charge in [0.15, 0.2) is 5.69 Å². The minimum Gasteiger partial charge on any atom is -0.490 e. The van der Waals surface area contributed by atoms with Crippen LogP contribution in [-0.4, -0.2) is 81.1 Å². The van der Waals surface area contributed by atoms with Crippen LogP contribution < -0.4 is 4.74 Å². The van der Waals surface area contributed by atoms with Crippen LogP contribution in [0.25, 0.3) is 0 Å². The second-order valence-electron chi connectivity index (χ2n) is 10.4. The summed E-state index contributed by atoms with van der Waals surface area (Å²) in [6.45, 7) is 1.11. The van der Waals surface area contributed by atoms with Crippen molar-refractivity contribution in [1.82, 2.24) is 19.6 Å². The monoisotopic (exact) mass is 532 g/mol. The molecule has 0 spiro atoms. The second kappa shape index (κ2) is 11.0. The Morgan fingerprint density at radius 1 is 1.11 bits per heavy atom. The van der Waals surface area contributed by atoms with E-state index in [0.29, 0.717) is 36.9 Å². The third-order valence-electron chi connectivity index (χ3n) is 7.87. The Balaban J connectivity index is 1.22. The van der Waals surface area contributed by atoms with Crippen LogP contribution in [0.1, 0.15) is 60.3 Å². The molecule has 2 aromatic rings. The van der Waals surface area contributed by atoms with Gasteiger partial charge in [0.25, 0.3) is 5.91 Å². The molecule has 8 nitrogen and oxygen atoms in total. The molecular weight excluding hydrogens is 499 g/mol. The molecule has 0 atom stereocenters. The van der Waals surface area contributed by atoms with E-state index in [1.165, 1.54) is 0 Å². The Bertz CT molecular complexity index is 1140. The zero-order valence-corrected chi connectivity index (χ0v) is 21.8. The summed E-state index contributed by atoms with van der Waals surface area (Å²) in [5.74, 6) is 0.534. The lowest BCUT2D eigenvalue weighted by Crippen LogP contribution is -2.48. The minimum absolute atomic E-state index is 0.0120. The maximum absolute atomic E-state index is 13.3. The van der Waals surface area contributed by atoms with Gasteiger partial charge in [-0.05, 0) is 56.7 Å². The van der Waals surface area contributed by atoms with Crippen LogP contribution in [0.4, 0.5) is 4.39 Å². The highest BCUT2D eigenvalue weighted by Crippen LogP contribution is 2.29. The highest BCUT2D eigenvalue weighted by Gasteiger charge is 2.36. The molecular formula is C27H34ClFN4O4. The molecule has 2 saturated heterocycles. The van der Waals surface area contributed by atoms with E-state index in [1.54, 1.807) is 21.7 Å². The van der Waals surface area contributed by atoms with Crippen molar-refractivity contribution >= 4 is 23.4 Å². The van der Waals surface area contributed by atoms with Crippen molar-refractivity contribution in [3.8, 4) is 5.75 Å². The van der Waals surface area contributed by atoms with Gasteiger partial charge in [-0.3, -0.25) is 14.3 Å². The number of likely N-dealkylation sites (tertiary alicyclic amines) is 2. The van der Waals surface area contributed by atoms with Gasteiger partial charge < -0.3 is 19.6 Å². The number of piperidine rings is 2. The number of amides is 2. The zero-order valence-electron chi connectivity index (χ0n) is 21.0. The number of carbonyl (C=O) groups is 2. The van der Waals surface area contributed by atoms with Crippen LogP contribution in [0.3, 0.4) is 0 Å². The van der Waals surface area contributed by atoms with Crippen LogP contribution in [0.15, 0.2) is 24.3 Å². The maximum atomic E-state index is 13.3. The van der Waals surface area contributed by atoms with Crippen molar-refractivity contribution in [3.63, 3.8) is 0 Å². The Hall–Kier alpha value is -2.65. The fourth-order valence-electron chi connectivity index (χ4n) is 5.57. The average Bonchev–Trinajstić information content (AvgIpc) is 3.27. The number of ether oxygens (including phenoxy) is 1. The number of alkyl halides is 1. The van der Waals surface area contributed by atoms with E-state index in [9.17, 15) is 19.1 Å². The molecule has 2 aliphatic heterocycles. The molecule has 2 amide bonds. The molecule has 1 aliphatic carbocycles. The van der Waals surface area contributed by atoms with Gasteiger partial charge in [-0.25, -0.2) is 4.39 Å². The van der Waals surface area contributed by atoms with Gasteiger partial charge >= 0.3 is 0 Å². The summed E-state index contributed by atoms with van der Waals surface area (Å²) in [7, 11) is 0. The van der Waals surface area contributed by atoms with Crippen LogP contribution in [0.5, 0.6) is 5.75 Å². The van der Waals surface area contributed by atoms with Gasteiger partial charge in [-0.2, -0.15) is 5.10 Å². The number of aliphatic hydroxyl groups is 1. The number of benzene rings is 1. The number of hydrogen-bond donors (Lipinski definition) is 1. The average molecular weight is 533 g/mol. The summed E-state index contributed by atoms with van der Waals surface area (Å²) in [5, 5.41) is 15.5.